The van der Waals surface area contributed by atoms with Crippen LogP contribution in [0.2, 0.25) is 0 Å². The summed E-state index contributed by atoms with van der Waals surface area (Å²) in [5.41, 5.74) is 0.949. The van der Waals surface area contributed by atoms with Gasteiger partial charge in [0, 0.05) is 29.2 Å². The smallest absolute Gasteiger partial charge is 0.243 e. The van der Waals surface area contributed by atoms with Gasteiger partial charge in [0.1, 0.15) is 5.54 Å². The zero-order chi connectivity index (χ0) is 21.5. The van der Waals surface area contributed by atoms with Crippen LogP contribution in [0.15, 0.2) is 24.3 Å². The van der Waals surface area contributed by atoms with Gasteiger partial charge in [-0.2, -0.15) is 0 Å². The van der Waals surface area contributed by atoms with Crippen molar-refractivity contribution in [1.29, 1.82) is 0 Å². The first-order valence-corrected chi connectivity index (χ1v) is 10.5. The lowest BCUT2D eigenvalue weighted by Crippen LogP contribution is -2.75. The molecule has 0 saturated carbocycles. The van der Waals surface area contributed by atoms with Crippen molar-refractivity contribution in [1.82, 2.24) is 9.80 Å². The fraction of sp³-hybridized carbons (Fsp3) is 0.667. The molecule has 2 rings (SSSR count). The molecule has 0 N–H and O–H groups in total. The lowest BCUT2D eigenvalue weighted by molar-refractivity contribution is -0.178. The number of Topliss-reactive ketones (excluding diaryl/α,β-unsaturated/α-hetero) is 1. The van der Waals surface area contributed by atoms with Gasteiger partial charge in [0.05, 0.1) is 0 Å². The third kappa shape index (κ3) is 3.76. The van der Waals surface area contributed by atoms with Crippen molar-refractivity contribution < 1.29 is 9.59 Å². The van der Waals surface area contributed by atoms with E-state index in [1.165, 1.54) is 0 Å². The van der Waals surface area contributed by atoms with Gasteiger partial charge >= 0.3 is 0 Å². The van der Waals surface area contributed by atoms with E-state index in [1.54, 1.807) is 6.92 Å². The minimum absolute atomic E-state index is 0.0713. The van der Waals surface area contributed by atoms with Crippen LogP contribution in [0, 0.1) is 0 Å². The summed E-state index contributed by atoms with van der Waals surface area (Å²) < 4.78 is 0. The van der Waals surface area contributed by atoms with Crippen LogP contribution in [0.4, 0.5) is 0 Å². The molecule has 1 aromatic rings. The summed E-state index contributed by atoms with van der Waals surface area (Å²) >= 11 is 0. The number of amides is 1. The van der Waals surface area contributed by atoms with Gasteiger partial charge in [-0.3, -0.25) is 14.5 Å². The highest BCUT2D eigenvalue weighted by molar-refractivity contribution is 5.94. The lowest BCUT2D eigenvalue weighted by atomic mass is 9.76. The highest BCUT2D eigenvalue weighted by Gasteiger charge is 2.57. The van der Waals surface area contributed by atoms with Crippen LogP contribution in [0.1, 0.15) is 97.1 Å². The van der Waals surface area contributed by atoms with E-state index in [9.17, 15) is 9.59 Å². The molecule has 0 radical (unpaired) electrons. The van der Waals surface area contributed by atoms with Crippen LogP contribution in [0.3, 0.4) is 0 Å². The molecular weight excluding hydrogens is 348 g/mol. The lowest BCUT2D eigenvalue weighted by Gasteiger charge is -2.61. The topological polar surface area (TPSA) is 40.6 Å². The van der Waals surface area contributed by atoms with Crippen molar-refractivity contribution in [3.8, 4) is 0 Å². The normalized spacial score (nSPS) is 20.9. The Bertz CT molecular complexity index is 724. The van der Waals surface area contributed by atoms with Crippen LogP contribution in [0.5, 0.6) is 0 Å². The summed E-state index contributed by atoms with van der Waals surface area (Å²) in [4.78, 5) is 29.9. The van der Waals surface area contributed by atoms with Gasteiger partial charge in [-0.05, 0) is 66.9 Å². The van der Waals surface area contributed by atoms with Gasteiger partial charge in [0.15, 0.2) is 5.78 Å². The van der Waals surface area contributed by atoms with E-state index in [0.29, 0.717) is 6.54 Å². The predicted molar refractivity (Wildman–Crippen MR) is 116 cm³/mol. The molecule has 1 aliphatic heterocycles. The van der Waals surface area contributed by atoms with E-state index < -0.39 is 5.54 Å². The summed E-state index contributed by atoms with van der Waals surface area (Å²) in [6.07, 6.45) is 1.54. The van der Waals surface area contributed by atoms with Crippen molar-refractivity contribution in [2.24, 2.45) is 0 Å². The number of nitrogens with zero attached hydrogens (tertiary/aromatic N) is 2. The van der Waals surface area contributed by atoms with E-state index in [2.05, 4.69) is 65.2 Å². The molecule has 1 amide bonds. The zero-order valence-electron chi connectivity index (χ0n) is 19.2. The van der Waals surface area contributed by atoms with Crippen molar-refractivity contribution in [3.63, 3.8) is 0 Å². The largest absolute Gasteiger partial charge is 0.334 e. The number of piperazine rings is 1. The molecule has 4 nitrogen and oxygen atoms in total. The van der Waals surface area contributed by atoms with Gasteiger partial charge in [-0.25, -0.2) is 0 Å². The Balaban J connectivity index is 2.55. The maximum atomic E-state index is 13.8. The average molecular weight is 387 g/mol. The first kappa shape index (κ1) is 22.6. The monoisotopic (exact) mass is 386 g/mol. The van der Waals surface area contributed by atoms with Crippen LogP contribution in [-0.4, -0.2) is 44.7 Å². The molecule has 1 fully saturated rings. The predicted octanol–water partition coefficient (Wildman–Crippen LogP) is 5.23. The van der Waals surface area contributed by atoms with E-state index >= 15 is 0 Å². The second-order valence-corrected chi connectivity index (χ2v) is 9.84. The molecule has 0 bridgehead atoms. The molecule has 1 aliphatic rings. The molecule has 0 aromatic heterocycles. The number of benzene rings is 1. The van der Waals surface area contributed by atoms with E-state index in [4.69, 9.17) is 0 Å². The number of carbonyl (C=O) groups excluding carboxylic acids is 2. The Morgan fingerprint density at radius 2 is 1.61 bits per heavy atom. The number of ketones is 1. The highest BCUT2D eigenvalue weighted by Crippen LogP contribution is 2.45. The Kier molecular flexibility index (Phi) is 6.16. The molecule has 1 unspecified atom stereocenters. The van der Waals surface area contributed by atoms with Crippen LogP contribution in [0.25, 0.3) is 0 Å². The fourth-order valence-corrected chi connectivity index (χ4v) is 4.94. The standard InChI is InChI=1S/C24H38N2O2/c1-10-24(11-2)21(28)25(22(5,6)7)16-23(8,9)26(24)17(3)19-12-14-20(15-13-19)18(4)27/h12-15,17H,10-11,16H2,1-9H3. The number of hydrogen-bond acceptors (Lipinski definition) is 3. The number of hydrogen-bond donors (Lipinski definition) is 0. The Morgan fingerprint density at radius 3 is 2.00 bits per heavy atom. The van der Waals surface area contributed by atoms with Gasteiger partial charge in [0.2, 0.25) is 5.91 Å². The molecule has 1 aromatic carbocycles. The van der Waals surface area contributed by atoms with Gasteiger partial charge in [-0.1, -0.05) is 38.1 Å². The SMILES string of the molecule is CCC1(CC)C(=O)N(C(C)(C)C)CC(C)(C)N1C(C)c1ccc(C(C)=O)cc1. The maximum absolute atomic E-state index is 13.8. The quantitative estimate of drug-likeness (QED) is 0.651. The number of carbonyl (C=O) groups is 2. The molecule has 28 heavy (non-hydrogen) atoms. The van der Waals surface area contributed by atoms with Crippen molar-refractivity contribution in [2.45, 2.75) is 97.8 Å². The summed E-state index contributed by atoms with van der Waals surface area (Å²) in [7, 11) is 0. The van der Waals surface area contributed by atoms with Crippen LogP contribution >= 0.6 is 0 Å². The highest BCUT2D eigenvalue weighted by atomic mass is 16.2. The third-order valence-electron chi connectivity index (χ3n) is 6.47. The van der Waals surface area contributed by atoms with Gasteiger partial charge < -0.3 is 4.90 Å². The van der Waals surface area contributed by atoms with Crippen LogP contribution < -0.4 is 0 Å². The third-order valence-corrected chi connectivity index (χ3v) is 6.47. The average Bonchev–Trinajstić information content (AvgIpc) is 2.61. The second-order valence-electron chi connectivity index (χ2n) is 9.84. The summed E-state index contributed by atoms with van der Waals surface area (Å²) in [5.74, 6) is 0.307. The molecule has 156 valence electrons. The van der Waals surface area contributed by atoms with Crippen molar-refractivity contribution in [2.75, 3.05) is 6.54 Å². The van der Waals surface area contributed by atoms with E-state index in [0.717, 1.165) is 24.0 Å². The Hall–Kier alpha value is -1.68. The van der Waals surface area contributed by atoms with Gasteiger partial charge in [0.25, 0.3) is 0 Å². The van der Waals surface area contributed by atoms with Crippen molar-refractivity contribution in [3.05, 3.63) is 35.4 Å². The summed E-state index contributed by atoms with van der Waals surface area (Å²) in [6.45, 7) is 19.6. The first-order valence-electron chi connectivity index (χ1n) is 10.5. The molecule has 0 spiro atoms. The minimum Gasteiger partial charge on any atom is -0.334 e. The maximum Gasteiger partial charge on any atom is 0.243 e. The van der Waals surface area contributed by atoms with E-state index in [-0.39, 0.29) is 28.8 Å². The van der Waals surface area contributed by atoms with Crippen molar-refractivity contribution >= 4 is 11.7 Å². The van der Waals surface area contributed by atoms with Gasteiger partial charge in [-0.15, -0.1) is 0 Å². The Labute approximate surface area is 171 Å². The first-order chi connectivity index (χ1) is 12.8. The summed E-state index contributed by atoms with van der Waals surface area (Å²) in [6, 6.07) is 7.94. The second kappa shape index (κ2) is 7.62. The Morgan fingerprint density at radius 1 is 1.11 bits per heavy atom. The molecule has 0 aliphatic carbocycles. The van der Waals surface area contributed by atoms with E-state index in [1.807, 2.05) is 24.3 Å². The molecule has 4 heteroatoms. The zero-order valence-corrected chi connectivity index (χ0v) is 19.2. The molecule has 1 saturated heterocycles. The van der Waals surface area contributed by atoms with Crippen LogP contribution in [-0.2, 0) is 4.79 Å². The molecule has 1 heterocycles. The summed E-state index contributed by atoms with van der Waals surface area (Å²) in [5, 5.41) is 0. The fourth-order valence-electron chi connectivity index (χ4n) is 4.94. The number of rotatable bonds is 5. The minimum atomic E-state index is -0.534. The molecule has 1 atom stereocenters. The molecular formula is C24H38N2O2.